The Labute approximate surface area is 197 Å². The Hall–Kier alpha value is -3.46. The fourth-order valence-corrected chi connectivity index (χ4v) is 5.55. The van der Waals surface area contributed by atoms with Gasteiger partial charge >= 0.3 is 5.69 Å². The van der Waals surface area contributed by atoms with Crippen LogP contribution in [-0.4, -0.2) is 27.8 Å². The maximum atomic E-state index is 13.7. The van der Waals surface area contributed by atoms with Gasteiger partial charge in [-0.1, -0.05) is 53.5 Å². The Kier molecular flexibility index (Phi) is 5.08. The molecule has 5 aromatic rings. The van der Waals surface area contributed by atoms with Crippen LogP contribution in [0.1, 0.15) is 10.4 Å². The number of halogens is 2. The molecule has 0 radical (unpaired) electrons. The highest BCUT2D eigenvalue weighted by molar-refractivity contribution is 7.90. The molecule has 0 aliphatic rings. The summed E-state index contributed by atoms with van der Waals surface area (Å²) in [7, 11) is -4.41. The van der Waals surface area contributed by atoms with Crippen LogP contribution >= 0.6 is 23.2 Å². The molecule has 0 aliphatic carbocycles. The molecule has 164 valence electrons. The van der Waals surface area contributed by atoms with Crippen molar-refractivity contribution in [3.8, 4) is 0 Å². The molecule has 0 aliphatic heterocycles. The number of benzene rings is 3. The van der Waals surface area contributed by atoms with Gasteiger partial charge < -0.3 is 0 Å². The number of fused-ring (bicyclic) bond motifs is 2. The van der Waals surface area contributed by atoms with E-state index in [0.717, 1.165) is 4.57 Å². The summed E-state index contributed by atoms with van der Waals surface area (Å²) < 4.78 is 28.9. The molecular formula is C23H13Cl2N3O4S. The van der Waals surface area contributed by atoms with Gasteiger partial charge in [-0.2, -0.15) is 3.97 Å². The van der Waals surface area contributed by atoms with Crippen LogP contribution in [0.15, 0.2) is 88.7 Å². The molecule has 7 nitrogen and oxygen atoms in total. The Morgan fingerprint density at radius 3 is 2.33 bits per heavy atom. The zero-order valence-electron chi connectivity index (χ0n) is 16.6. The SMILES string of the molecule is O=C(c1ccc(Cl)c(Cl)c1)n1c(=O)n(S(=O)(=O)c2cccc3cccnc23)c2ccccc21. The number of carbonyl (C=O) groups is 1. The average molecular weight is 498 g/mol. The monoisotopic (exact) mass is 497 g/mol. The van der Waals surface area contributed by atoms with Crippen molar-refractivity contribution < 1.29 is 13.2 Å². The standard InChI is InChI=1S/C23H13Cl2N3O4S/c24-16-11-10-15(13-17(16)25)22(29)27-18-7-1-2-8-19(18)28(23(27)30)33(31,32)20-9-3-5-14-6-4-12-26-21(14)20/h1-13H. The fourth-order valence-electron chi connectivity index (χ4n) is 3.69. The number of rotatable bonds is 3. The van der Waals surface area contributed by atoms with Gasteiger partial charge in [-0.05, 0) is 42.5 Å². The van der Waals surface area contributed by atoms with Gasteiger partial charge in [0.25, 0.3) is 15.9 Å². The lowest BCUT2D eigenvalue weighted by atomic mass is 10.2. The number of aromatic nitrogens is 3. The quantitative estimate of drug-likeness (QED) is 0.363. The van der Waals surface area contributed by atoms with Gasteiger partial charge in [0.1, 0.15) is 4.90 Å². The van der Waals surface area contributed by atoms with E-state index in [2.05, 4.69) is 4.98 Å². The minimum atomic E-state index is -4.41. The molecule has 0 fully saturated rings. The highest BCUT2D eigenvalue weighted by Gasteiger charge is 2.29. The summed E-state index contributed by atoms with van der Waals surface area (Å²) in [4.78, 5) is 30.8. The topological polar surface area (TPSA) is 91.0 Å². The Balaban J connectivity index is 1.80. The first-order chi connectivity index (χ1) is 15.8. The van der Waals surface area contributed by atoms with E-state index >= 15 is 0 Å². The first-order valence-corrected chi connectivity index (χ1v) is 11.8. The number of para-hydroxylation sites is 3. The minimum absolute atomic E-state index is 0.0591. The van der Waals surface area contributed by atoms with Gasteiger partial charge in [0.15, 0.2) is 0 Å². The van der Waals surface area contributed by atoms with Crippen molar-refractivity contribution in [2.75, 3.05) is 0 Å². The molecule has 33 heavy (non-hydrogen) atoms. The van der Waals surface area contributed by atoms with E-state index in [9.17, 15) is 18.0 Å². The number of hydrogen-bond donors (Lipinski definition) is 0. The van der Waals surface area contributed by atoms with Crippen LogP contribution < -0.4 is 5.69 Å². The summed E-state index contributed by atoms with van der Waals surface area (Å²) in [6, 6.07) is 18.4. The molecule has 0 spiro atoms. The highest BCUT2D eigenvalue weighted by Crippen LogP contribution is 2.27. The fraction of sp³-hybridized carbons (Fsp3) is 0. The predicted molar refractivity (Wildman–Crippen MR) is 127 cm³/mol. The zero-order chi connectivity index (χ0) is 23.3. The largest absolute Gasteiger partial charge is 0.350 e. The van der Waals surface area contributed by atoms with E-state index in [0.29, 0.717) is 9.36 Å². The zero-order valence-corrected chi connectivity index (χ0v) is 19.0. The van der Waals surface area contributed by atoms with Crippen LogP contribution in [0.25, 0.3) is 21.9 Å². The second kappa shape index (κ2) is 7.84. The second-order valence-corrected chi connectivity index (χ2v) is 9.71. The summed E-state index contributed by atoms with van der Waals surface area (Å²) in [5.41, 5.74) is -0.530. The van der Waals surface area contributed by atoms with Crippen molar-refractivity contribution in [1.82, 2.24) is 13.5 Å². The Morgan fingerprint density at radius 2 is 1.58 bits per heavy atom. The van der Waals surface area contributed by atoms with Crippen molar-refractivity contribution in [3.05, 3.63) is 105 Å². The average Bonchev–Trinajstić information content (AvgIpc) is 3.12. The molecule has 3 aromatic carbocycles. The van der Waals surface area contributed by atoms with E-state index in [1.807, 2.05) is 0 Å². The van der Waals surface area contributed by atoms with E-state index in [-0.39, 0.29) is 37.1 Å². The molecule has 2 aromatic heterocycles. The van der Waals surface area contributed by atoms with Gasteiger partial charge in [0.2, 0.25) is 0 Å². The third-order valence-electron chi connectivity index (χ3n) is 5.19. The number of hydrogen-bond acceptors (Lipinski definition) is 5. The van der Waals surface area contributed by atoms with E-state index in [4.69, 9.17) is 23.2 Å². The first kappa shape index (κ1) is 21.4. The Bertz CT molecular complexity index is 1750. The summed E-state index contributed by atoms with van der Waals surface area (Å²) in [5.74, 6) is -0.736. The molecular weight excluding hydrogens is 485 g/mol. The summed E-state index contributed by atoms with van der Waals surface area (Å²) in [6.07, 6.45) is 1.47. The highest BCUT2D eigenvalue weighted by atomic mass is 35.5. The molecule has 0 amide bonds. The van der Waals surface area contributed by atoms with Crippen LogP contribution in [0.4, 0.5) is 0 Å². The van der Waals surface area contributed by atoms with Crippen molar-refractivity contribution in [2.24, 2.45) is 0 Å². The van der Waals surface area contributed by atoms with Crippen molar-refractivity contribution in [3.63, 3.8) is 0 Å². The summed E-state index contributed by atoms with van der Waals surface area (Å²) in [5, 5.41) is 0.977. The third-order valence-corrected chi connectivity index (χ3v) is 7.65. The lowest BCUT2D eigenvalue weighted by Gasteiger charge is -2.08. The molecule has 0 unspecified atom stereocenters. The second-order valence-electron chi connectivity index (χ2n) is 7.14. The van der Waals surface area contributed by atoms with Gasteiger partial charge in [-0.25, -0.2) is 17.8 Å². The van der Waals surface area contributed by atoms with Crippen molar-refractivity contribution in [1.29, 1.82) is 0 Å². The van der Waals surface area contributed by atoms with Crippen LogP contribution in [0.3, 0.4) is 0 Å². The summed E-state index contributed by atoms with van der Waals surface area (Å²) >= 11 is 12.0. The third kappa shape index (κ3) is 3.34. The molecule has 10 heteroatoms. The molecule has 5 rings (SSSR count). The van der Waals surface area contributed by atoms with Gasteiger partial charge in [0, 0.05) is 17.1 Å². The lowest BCUT2D eigenvalue weighted by Crippen LogP contribution is -2.33. The van der Waals surface area contributed by atoms with Crippen LogP contribution in [0.2, 0.25) is 10.0 Å². The van der Waals surface area contributed by atoms with Crippen LogP contribution in [-0.2, 0) is 10.0 Å². The molecule has 2 heterocycles. The van der Waals surface area contributed by atoms with E-state index in [1.54, 1.807) is 36.4 Å². The van der Waals surface area contributed by atoms with Gasteiger partial charge in [-0.3, -0.25) is 9.78 Å². The number of pyridine rings is 1. The first-order valence-electron chi connectivity index (χ1n) is 9.62. The molecule has 0 N–H and O–H groups in total. The van der Waals surface area contributed by atoms with Gasteiger partial charge in [0.05, 0.1) is 26.6 Å². The van der Waals surface area contributed by atoms with Gasteiger partial charge in [-0.15, -0.1) is 0 Å². The van der Waals surface area contributed by atoms with Crippen LogP contribution in [0, 0.1) is 0 Å². The summed E-state index contributed by atoms with van der Waals surface area (Å²) in [6.45, 7) is 0. The molecule has 0 saturated heterocycles. The van der Waals surface area contributed by atoms with Crippen molar-refractivity contribution >= 4 is 61.1 Å². The van der Waals surface area contributed by atoms with E-state index < -0.39 is 21.6 Å². The minimum Gasteiger partial charge on any atom is -0.268 e. The number of nitrogens with zero attached hydrogens (tertiary/aromatic N) is 3. The van der Waals surface area contributed by atoms with E-state index in [1.165, 1.54) is 42.6 Å². The normalized spacial score (nSPS) is 11.8. The maximum absolute atomic E-state index is 13.7. The maximum Gasteiger partial charge on any atom is 0.350 e. The number of carbonyl (C=O) groups excluding carboxylic acids is 1. The van der Waals surface area contributed by atoms with Crippen LogP contribution in [0.5, 0.6) is 0 Å². The lowest BCUT2D eigenvalue weighted by molar-refractivity contribution is 0.0961. The smallest absolute Gasteiger partial charge is 0.268 e. The van der Waals surface area contributed by atoms with Crippen molar-refractivity contribution in [2.45, 2.75) is 4.90 Å². The Morgan fingerprint density at radius 1 is 0.848 bits per heavy atom. The molecule has 0 bridgehead atoms. The molecule has 0 atom stereocenters. The number of imidazole rings is 1. The molecule has 0 saturated carbocycles. The predicted octanol–water partition coefficient (Wildman–Crippen LogP) is 4.58.